The Kier molecular flexibility index (Phi) is 4.61. The van der Waals surface area contributed by atoms with E-state index in [2.05, 4.69) is 5.32 Å². The smallest absolute Gasteiger partial charge is 0.261 e. The first kappa shape index (κ1) is 16.4. The Bertz CT molecular complexity index is 649. The maximum absolute atomic E-state index is 12.7. The lowest BCUT2D eigenvalue weighted by atomic mass is 10.1. The van der Waals surface area contributed by atoms with Crippen LogP contribution in [0.25, 0.3) is 0 Å². The number of amides is 2. The van der Waals surface area contributed by atoms with Gasteiger partial charge in [0.1, 0.15) is 5.75 Å². The van der Waals surface area contributed by atoms with E-state index in [1.807, 2.05) is 29.2 Å². The van der Waals surface area contributed by atoms with Crippen LogP contribution < -0.4 is 15.0 Å². The van der Waals surface area contributed by atoms with Crippen molar-refractivity contribution in [1.29, 1.82) is 0 Å². The van der Waals surface area contributed by atoms with Crippen LogP contribution in [-0.4, -0.2) is 55.0 Å². The molecule has 0 saturated carbocycles. The molecular formula is C19H25N3O3. The summed E-state index contributed by atoms with van der Waals surface area (Å²) in [4.78, 5) is 28.4. The van der Waals surface area contributed by atoms with E-state index in [0.29, 0.717) is 24.3 Å². The highest BCUT2D eigenvalue weighted by molar-refractivity contribution is 5.95. The SMILES string of the molecule is O=C1CCCN1c1cccc(OCC(=O)N2C3CCNCC2CC3)c1. The van der Waals surface area contributed by atoms with Gasteiger partial charge in [0.05, 0.1) is 0 Å². The molecule has 0 radical (unpaired) electrons. The number of carbonyl (C=O) groups is 2. The third-order valence-electron chi connectivity index (χ3n) is 5.51. The van der Waals surface area contributed by atoms with Crippen LogP contribution in [0.4, 0.5) is 5.69 Å². The number of nitrogens with one attached hydrogen (secondary N) is 1. The fourth-order valence-corrected chi connectivity index (χ4v) is 4.27. The lowest BCUT2D eigenvalue weighted by Crippen LogP contribution is -2.44. The van der Waals surface area contributed by atoms with Crippen molar-refractivity contribution in [3.63, 3.8) is 0 Å². The number of fused-ring (bicyclic) bond motifs is 2. The van der Waals surface area contributed by atoms with E-state index < -0.39 is 0 Å². The van der Waals surface area contributed by atoms with Crippen LogP contribution in [0.2, 0.25) is 0 Å². The standard InChI is InChI=1S/C19H25N3O3/c23-18-5-2-10-21(18)15-3-1-4-17(11-15)25-13-19(24)22-14-6-7-16(22)12-20-9-8-14/h1,3-4,11,14,16,20H,2,5-10,12-13H2. The molecule has 6 heteroatoms. The molecule has 2 unspecified atom stereocenters. The first-order valence-corrected chi connectivity index (χ1v) is 9.27. The summed E-state index contributed by atoms with van der Waals surface area (Å²) >= 11 is 0. The molecule has 4 rings (SSSR count). The molecular weight excluding hydrogens is 318 g/mol. The fourth-order valence-electron chi connectivity index (χ4n) is 4.27. The van der Waals surface area contributed by atoms with Crippen molar-refractivity contribution in [3.8, 4) is 5.75 Å². The summed E-state index contributed by atoms with van der Waals surface area (Å²) < 4.78 is 5.77. The van der Waals surface area contributed by atoms with Crippen molar-refractivity contribution in [2.24, 2.45) is 0 Å². The van der Waals surface area contributed by atoms with Gasteiger partial charge in [-0.1, -0.05) is 6.07 Å². The normalized spacial score (nSPS) is 26.0. The van der Waals surface area contributed by atoms with E-state index in [1.54, 1.807) is 4.90 Å². The summed E-state index contributed by atoms with van der Waals surface area (Å²) in [6, 6.07) is 8.14. The van der Waals surface area contributed by atoms with Crippen molar-refractivity contribution in [3.05, 3.63) is 24.3 Å². The molecule has 1 N–H and O–H groups in total. The molecule has 3 aliphatic heterocycles. The zero-order valence-electron chi connectivity index (χ0n) is 14.4. The first-order chi connectivity index (χ1) is 12.2. The van der Waals surface area contributed by atoms with E-state index in [4.69, 9.17) is 4.74 Å². The fraction of sp³-hybridized carbons (Fsp3) is 0.579. The molecule has 3 heterocycles. The molecule has 2 atom stereocenters. The third-order valence-corrected chi connectivity index (χ3v) is 5.51. The van der Waals surface area contributed by atoms with Crippen molar-refractivity contribution in [1.82, 2.24) is 10.2 Å². The predicted octanol–water partition coefficient (Wildman–Crippen LogP) is 1.55. The minimum Gasteiger partial charge on any atom is -0.484 e. The van der Waals surface area contributed by atoms with E-state index >= 15 is 0 Å². The number of anilines is 1. The molecule has 0 spiro atoms. The maximum Gasteiger partial charge on any atom is 0.261 e. The number of benzene rings is 1. The maximum atomic E-state index is 12.7. The number of nitrogens with zero attached hydrogens (tertiary/aromatic N) is 2. The quantitative estimate of drug-likeness (QED) is 0.901. The van der Waals surface area contributed by atoms with Gasteiger partial charge in [-0.2, -0.15) is 0 Å². The highest BCUT2D eigenvalue weighted by Gasteiger charge is 2.37. The van der Waals surface area contributed by atoms with Gasteiger partial charge in [0, 0.05) is 43.3 Å². The molecule has 1 aromatic carbocycles. The number of ether oxygens (including phenoxy) is 1. The van der Waals surface area contributed by atoms with Crippen molar-refractivity contribution in [2.45, 2.75) is 44.2 Å². The van der Waals surface area contributed by atoms with Crippen molar-refractivity contribution < 1.29 is 14.3 Å². The van der Waals surface area contributed by atoms with E-state index in [1.165, 1.54) is 0 Å². The second-order valence-corrected chi connectivity index (χ2v) is 7.11. The zero-order chi connectivity index (χ0) is 17.2. The van der Waals surface area contributed by atoms with E-state index in [-0.39, 0.29) is 18.4 Å². The highest BCUT2D eigenvalue weighted by Crippen LogP contribution is 2.29. The van der Waals surface area contributed by atoms with Crippen LogP contribution in [0.5, 0.6) is 5.75 Å². The van der Waals surface area contributed by atoms with Crippen LogP contribution >= 0.6 is 0 Å². The van der Waals surface area contributed by atoms with Gasteiger partial charge in [0.25, 0.3) is 5.91 Å². The monoisotopic (exact) mass is 343 g/mol. The summed E-state index contributed by atoms with van der Waals surface area (Å²) in [5.41, 5.74) is 0.853. The third kappa shape index (κ3) is 3.35. The molecule has 3 aliphatic rings. The average molecular weight is 343 g/mol. The number of hydrogen-bond donors (Lipinski definition) is 1. The Morgan fingerprint density at radius 1 is 1.24 bits per heavy atom. The van der Waals surface area contributed by atoms with Gasteiger partial charge in [-0.3, -0.25) is 9.59 Å². The highest BCUT2D eigenvalue weighted by atomic mass is 16.5. The molecule has 2 bridgehead atoms. The molecule has 3 saturated heterocycles. The largest absolute Gasteiger partial charge is 0.484 e. The molecule has 1 aromatic rings. The van der Waals surface area contributed by atoms with Crippen LogP contribution in [0.15, 0.2) is 24.3 Å². The second-order valence-electron chi connectivity index (χ2n) is 7.11. The minimum absolute atomic E-state index is 0.0599. The van der Waals surface area contributed by atoms with E-state index in [9.17, 15) is 9.59 Å². The average Bonchev–Trinajstić information content (AvgIpc) is 3.15. The summed E-state index contributed by atoms with van der Waals surface area (Å²) in [6.07, 6.45) is 4.71. The Morgan fingerprint density at radius 3 is 2.96 bits per heavy atom. The van der Waals surface area contributed by atoms with Gasteiger partial charge in [-0.25, -0.2) is 0 Å². The lowest BCUT2D eigenvalue weighted by molar-refractivity contribution is -0.136. The summed E-state index contributed by atoms with van der Waals surface area (Å²) in [5.74, 6) is 0.867. The second kappa shape index (κ2) is 7.04. The molecule has 134 valence electrons. The van der Waals surface area contributed by atoms with E-state index in [0.717, 1.165) is 51.0 Å². The van der Waals surface area contributed by atoms with Crippen LogP contribution in [0, 0.1) is 0 Å². The first-order valence-electron chi connectivity index (χ1n) is 9.27. The summed E-state index contributed by atoms with van der Waals surface area (Å²) in [5, 5.41) is 3.41. The summed E-state index contributed by atoms with van der Waals surface area (Å²) in [6.45, 7) is 2.68. The zero-order valence-corrected chi connectivity index (χ0v) is 14.4. The molecule has 6 nitrogen and oxygen atoms in total. The van der Waals surface area contributed by atoms with Crippen LogP contribution in [-0.2, 0) is 9.59 Å². The molecule has 0 aliphatic carbocycles. The molecule has 3 fully saturated rings. The molecule has 25 heavy (non-hydrogen) atoms. The van der Waals surface area contributed by atoms with Crippen LogP contribution in [0.1, 0.15) is 32.1 Å². The van der Waals surface area contributed by atoms with Gasteiger partial charge >= 0.3 is 0 Å². The predicted molar refractivity (Wildman–Crippen MR) is 94.7 cm³/mol. The van der Waals surface area contributed by atoms with Crippen LogP contribution in [0.3, 0.4) is 0 Å². The van der Waals surface area contributed by atoms with Gasteiger partial charge < -0.3 is 19.9 Å². The Morgan fingerprint density at radius 2 is 2.12 bits per heavy atom. The topological polar surface area (TPSA) is 61.9 Å². The summed E-state index contributed by atoms with van der Waals surface area (Å²) in [7, 11) is 0. The number of hydrogen-bond acceptors (Lipinski definition) is 4. The number of carbonyl (C=O) groups excluding carboxylic acids is 2. The van der Waals surface area contributed by atoms with Gasteiger partial charge in [-0.05, 0) is 44.4 Å². The minimum atomic E-state index is 0.0599. The van der Waals surface area contributed by atoms with Crippen molar-refractivity contribution in [2.75, 3.05) is 31.1 Å². The van der Waals surface area contributed by atoms with Gasteiger partial charge in [0.15, 0.2) is 6.61 Å². The number of rotatable bonds is 4. The van der Waals surface area contributed by atoms with Crippen molar-refractivity contribution >= 4 is 17.5 Å². The molecule has 0 aromatic heterocycles. The van der Waals surface area contributed by atoms with Gasteiger partial charge in [0.2, 0.25) is 5.91 Å². The lowest BCUT2D eigenvalue weighted by Gasteiger charge is -2.27. The Labute approximate surface area is 148 Å². The molecule has 2 amide bonds. The van der Waals surface area contributed by atoms with Gasteiger partial charge in [-0.15, -0.1) is 0 Å². The Balaban J connectivity index is 1.39. The Hall–Kier alpha value is -2.08.